The molecule has 19 heavy (non-hydrogen) atoms. The first-order chi connectivity index (χ1) is 9.19. The van der Waals surface area contributed by atoms with Crippen molar-refractivity contribution in [3.63, 3.8) is 0 Å². The third-order valence-corrected chi connectivity index (χ3v) is 2.00. The molecule has 0 saturated heterocycles. The summed E-state index contributed by atoms with van der Waals surface area (Å²) < 4.78 is 25.6. The molecule has 0 aliphatic carbocycles. The lowest BCUT2D eigenvalue weighted by Gasteiger charge is -2.08. The van der Waals surface area contributed by atoms with Crippen LogP contribution in [0.3, 0.4) is 0 Å². The number of aromatic nitrogens is 6. The second-order valence-corrected chi connectivity index (χ2v) is 3.42. The summed E-state index contributed by atoms with van der Waals surface area (Å²) in [6, 6.07) is 0. The smallest absolute Gasteiger partial charge is 0.258 e. The fraction of sp³-hybridized carbons (Fsp3) is 0.444. The van der Waals surface area contributed by atoms with Crippen LogP contribution in [0.15, 0.2) is 12.7 Å². The molecule has 2 aromatic rings. The van der Waals surface area contributed by atoms with E-state index < -0.39 is 13.0 Å². The van der Waals surface area contributed by atoms with Crippen molar-refractivity contribution in [2.75, 3.05) is 23.7 Å². The van der Waals surface area contributed by atoms with E-state index in [4.69, 9.17) is 0 Å². The van der Waals surface area contributed by atoms with Crippen LogP contribution in [0.1, 0.15) is 6.92 Å². The van der Waals surface area contributed by atoms with Gasteiger partial charge in [-0.05, 0) is 6.92 Å². The molecule has 0 spiro atoms. The first-order valence-corrected chi connectivity index (χ1v) is 5.56. The highest BCUT2D eigenvalue weighted by Gasteiger charge is 2.10. The third kappa shape index (κ3) is 3.53. The van der Waals surface area contributed by atoms with Crippen molar-refractivity contribution in [2.45, 2.75) is 13.3 Å². The minimum atomic E-state index is -2.49. The summed E-state index contributed by atoms with van der Waals surface area (Å²) in [4.78, 5) is 15.8. The van der Waals surface area contributed by atoms with Gasteiger partial charge in [-0.25, -0.2) is 13.8 Å². The van der Waals surface area contributed by atoms with Crippen LogP contribution in [0, 0.1) is 0 Å². The Morgan fingerprint density at radius 2 is 1.95 bits per heavy atom. The van der Waals surface area contributed by atoms with Crippen LogP contribution in [0.2, 0.25) is 0 Å². The molecule has 0 aliphatic rings. The van der Waals surface area contributed by atoms with E-state index in [1.165, 1.54) is 17.3 Å². The summed E-state index contributed by atoms with van der Waals surface area (Å²) in [6.45, 7) is 1.92. The lowest BCUT2D eigenvalue weighted by Crippen LogP contribution is -2.16. The Labute approximate surface area is 107 Å². The molecule has 0 unspecified atom stereocenters. The van der Waals surface area contributed by atoms with Crippen LogP contribution in [-0.4, -0.2) is 49.2 Å². The van der Waals surface area contributed by atoms with E-state index in [9.17, 15) is 8.78 Å². The molecule has 0 aliphatic heterocycles. The van der Waals surface area contributed by atoms with Crippen molar-refractivity contribution >= 4 is 11.9 Å². The van der Waals surface area contributed by atoms with Crippen LogP contribution in [0.4, 0.5) is 20.7 Å². The second kappa shape index (κ2) is 5.98. The summed E-state index contributed by atoms with van der Waals surface area (Å²) in [5.74, 6) is 0.525. The van der Waals surface area contributed by atoms with Gasteiger partial charge < -0.3 is 10.6 Å². The van der Waals surface area contributed by atoms with Gasteiger partial charge in [0.2, 0.25) is 11.9 Å². The molecule has 0 aromatic carbocycles. The molecule has 0 saturated carbocycles. The molecule has 10 heteroatoms. The maximum atomic E-state index is 12.2. The van der Waals surface area contributed by atoms with Gasteiger partial charge in [0.1, 0.15) is 12.7 Å². The van der Waals surface area contributed by atoms with Gasteiger partial charge >= 0.3 is 0 Å². The molecule has 8 nitrogen and oxygen atoms in total. The summed E-state index contributed by atoms with van der Waals surface area (Å²) in [5, 5.41) is 9.19. The minimum Gasteiger partial charge on any atom is -0.354 e. The summed E-state index contributed by atoms with van der Waals surface area (Å²) in [5.41, 5.74) is 0. The van der Waals surface area contributed by atoms with Crippen LogP contribution in [0.25, 0.3) is 5.95 Å². The molecule has 0 amide bonds. The molecule has 0 bridgehead atoms. The number of hydrogen-bond acceptors (Lipinski definition) is 7. The third-order valence-electron chi connectivity index (χ3n) is 2.00. The maximum Gasteiger partial charge on any atom is 0.258 e. The number of halogens is 2. The summed E-state index contributed by atoms with van der Waals surface area (Å²) >= 11 is 0. The number of anilines is 2. The zero-order valence-corrected chi connectivity index (χ0v) is 10.1. The Morgan fingerprint density at radius 1 is 1.21 bits per heavy atom. The first kappa shape index (κ1) is 13.1. The fourth-order valence-electron chi connectivity index (χ4n) is 1.26. The Hall–Kier alpha value is -2.39. The Bertz CT molecular complexity index is 515. The molecule has 102 valence electrons. The highest BCUT2D eigenvalue weighted by Crippen LogP contribution is 2.08. The molecule has 0 atom stereocenters. The van der Waals surface area contributed by atoms with E-state index >= 15 is 0 Å². The molecule has 2 heterocycles. The van der Waals surface area contributed by atoms with Crippen LogP contribution >= 0.6 is 0 Å². The van der Waals surface area contributed by atoms with Crippen LogP contribution in [0.5, 0.6) is 0 Å². The van der Waals surface area contributed by atoms with Gasteiger partial charge in [-0.2, -0.15) is 24.7 Å². The molecule has 2 N–H and O–H groups in total. The standard InChI is InChI=1S/C9H12F2N8/c1-2-13-7-16-8(14-3-6(10)11)18-9(17-7)19-5-12-4-15-19/h4-6H,2-3H2,1H3,(H2,13,14,16,17,18). The van der Waals surface area contributed by atoms with Gasteiger partial charge in [0.05, 0.1) is 6.54 Å². The van der Waals surface area contributed by atoms with E-state index in [1.54, 1.807) is 0 Å². The molecule has 2 aromatic heterocycles. The highest BCUT2D eigenvalue weighted by molar-refractivity contribution is 5.37. The van der Waals surface area contributed by atoms with Gasteiger partial charge in [-0.15, -0.1) is 0 Å². The molecular weight excluding hydrogens is 258 g/mol. The van der Waals surface area contributed by atoms with E-state index in [1.807, 2.05) is 6.92 Å². The van der Waals surface area contributed by atoms with Crippen LogP contribution in [-0.2, 0) is 0 Å². The summed E-state index contributed by atoms with van der Waals surface area (Å²) in [6.07, 6.45) is 0.236. The van der Waals surface area contributed by atoms with Crippen molar-refractivity contribution in [3.8, 4) is 5.95 Å². The summed E-state index contributed by atoms with van der Waals surface area (Å²) in [7, 11) is 0. The maximum absolute atomic E-state index is 12.2. The molecular formula is C9H12F2N8. The average molecular weight is 270 g/mol. The fourth-order valence-corrected chi connectivity index (χ4v) is 1.26. The zero-order valence-electron chi connectivity index (χ0n) is 10.1. The quantitative estimate of drug-likeness (QED) is 0.792. The van der Waals surface area contributed by atoms with E-state index in [2.05, 4.69) is 35.7 Å². The highest BCUT2D eigenvalue weighted by atomic mass is 19.3. The van der Waals surface area contributed by atoms with E-state index in [0.717, 1.165) is 0 Å². The van der Waals surface area contributed by atoms with Crippen molar-refractivity contribution in [3.05, 3.63) is 12.7 Å². The Morgan fingerprint density at radius 3 is 2.53 bits per heavy atom. The monoisotopic (exact) mass is 270 g/mol. The van der Waals surface area contributed by atoms with Gasteiger partial charge in [-0.1, -0.05) is 0 Å². The number of nitrogens with one attached hydrogen (secondary N) is 2. The number of nitrogens with zero attached hydrogens (tertiary/aromatic N) is 6. The van der Waals surface area contributed by atoms with E-state index in [-0.39, 0.29) is 17.8 Å². The molecule has 2 rings (SSSR count). The molecule has 0 fully saturated rings. The lowest BCUT2D eigenvalue weighted by atomic mass is 10.6. The average Bonchev–Trinajstić information content (AvgIpc) is 2.90. The van der Waals surface area contributed by atoms with Crippen molar-refractivity contribution in [1.29, 1.82) is 0 Å². The minimum absolute atomic E-state index is 0.0525. The van der Waals surface area contributed by atoms with Gasteiger partial charge in [0.25, 0.3) is 12.4 Å². The number of alkyl halides is 2. The predicted molar refractivity (Wildman–Crippen MR) is 63.4 cm³/mol. The first-order valence-electron chi connectivity index (χ1n) is 5.56. The molecule has 0 radical (unpaired) electrons. The Balaban J connectivity index is 2.27. The number of hydrogen-bond donors (Lipinski definition) is 2. The topological polar surface area (TPSA) is 93.4 Å². The SMILES string of the molecule is CCNc1nc(NCC(F)F)nc(-n2cncn2)n1. The second-order valence-electron chi connectivity index (χ2n) is 3.42. The van der Waals surface area contributed by atoms with E-state index in [0.29, 0.717) is 6.54 Å². The largest absolute Gasteiger partial charge is 0.354 e. The van der Waals surface area contributed by atoms with Gasteiger partial charge in [0, 0.05) is 6.54 Å². The van der Waals surface area contributed by atoms with Gasteiger partial charge in [0.15, 0.2) is 0 Å². The Kier molecular flexibility index (Phi) is 4.11. The van der Waals surface area contributed by atoms with Crippen molar-refractivity contribution < 1.29 is 8.78 Å². The normalized spacial score (nSPS) is 10.7. The zero-order chi connectivity index (χ0) is 13.7. The van der Waals surface area contributed by atoms with Crippen molar-refractivity contribution in [1.82, 2.24) is 29.7 Å². The number of rotatable bonds is 6. The predicted octanol–water partition coefficient (Wildman–Crippen LogP) is 0.561. The van der Waals surface area contributed by atoms with Crippen LogP contribution < -0.4 is 10.6 Å². The van der Waals surface area contributed by atoms with Crippen molar-refractivity contribution in [2.24, 2.45) is 0 Å². The van der Waals surface area contributed by atoms with Gasteiger partial charge in [-0.3, -0.25) is 0 Å². The lowest BCUT2D eigenvalue weighted by molar-refractivity contribution is 0.163.